The summed E-state index contributed by atoms with van der Waals surface area (Å²) in [5.41, 5.74) is 0. The zero-order valence-corrected chi connectivity index (χ0v) is 45.5. The van der Waals surface area contributed by atoms with Gasteiger partial charge in [0, 0.05) is 6.42 Å². The van der Waals surface area contributed by atoms with Gasteiger partial charge in [-0.25, -0.2) is 4.57 Å². The molecule has 0 spiro atoms. The van der Waals surface area contributed by atoms with Crippen molar-refractivity contribution >= 4 is 13.7 Å². The first-order chi connectivity index (χ1) is 33.0. The number of hydrogen-bond acceptors (Lipinski definition) is 5. The van der Waals surface area contributed by atoms with E-state index in [1.165, 1.54) is 109 Å². The zero-order chi connectivity index (χ0) is 49.9. The zero-order valence-electron chi connectivity index (χ0n) is 44.6. The monoisotopic (exact) mass is 970 g/mol. The van der Waals surface area contributed by atoms with Gasteiger partial charge in [0.15, 0.2) is 0 Å². The topological polar surface area (TPSA) is 105 Å². The fourth-order valence-corrected chi connectivity index (χ4v) is 8.21. The van der Waals surface area contributed by atoms with Gasteiger partial charge in [0.2, 0.25) is 5.91 Å². The number of unbranched alkanes of at least 4 members (excludes halogenated alkanes) is 22. The third-order valence-corrected chi connectivity index (χ3v) is 12.8. The van der Waals surface area contributed by atoms with Crippen LogP contribution in [-0.4, -0.2) is 73.4 Å². The Balaban J connectivity index is 4.33. The summed E-state index contributed by atoms with van der Waals surface area (Å²) in [6.07, 6.45) is 70.7. The molecule has 0 fully saturated rings. The minimum atomic E-state index is -4.36. The lowest BCUT2D eigenvalue weighted by Gasteiger charge is -2.25. The highest BCUT2D eigenvalue weighted by Gasteiger charge is 2.27. The number of nitrogens with one attached hydrogen (secondary N) is 1. The Kier molecular flexibility index (Phi) is 47.5. The van der Waals surface area contributed by atoms with Crippen molar-refractivity contribution in [1.82, 2.24) is 5.32 Å². The number of aliphatic hydroxyl groups excluding tert-OH is 1. The van der Waals surface area contributed by atoms with E-state index in [-0.39, 0.29) is 19.1 Å². The second-order valence-electron chi connectivity index (χ2n) is 19.6. The SMILES string of the molecule is CC/C=C\C/C=C\C/C=C\C/C=C\C/C=C\C/C=C\CCCCCCCCCCC(=O)NC(COP(=O)(O)OCC[N+](C)(C)C)C(O)/C=C/CC/C=C/CCCCCCCCCCCCCCC. The number of phosphoric acid groups is 1. The second-order valence-corrected chi connectivity index (χ2v) is 21.0. The molecule has 0 aromatic carbocycles. The molecule has 68 heavy (non-hydrogen) atoms. The lowest BCUT2D eigenvalue weighted by Crippen LogP contribution is -2.45. The van der Waals surface area contributed by atoms with Gasteiger partial charge in [-0.15, -0.1) is 0 Å². The van der Waals surface area contributed by atoms with Crippen molar-refractivity contribution in [3.63, 3.8) is 0 Å². The molecule has 0 radical (unpaired) electrons. The molecule has 3 N–H and O–H groups in total. The van der Waals surface area contributed by atoms with Crippen molar-refractivity contribution < 1.29 is 32.9 Å². The Morgan fingerprint density at radius 3 is 1.35 bits per heavy atom. The summed E-state index contributed by atoms with van der Waals surface area (Å²) in [5.74, 6) is -0.199. The van der Waals surface area contributed by atoms with Crippen LogP contribution in [0.15, 0.2) is 97.2 Å². The normalized spacial score (nSPS) is 14.8. The van der Waals surface area contributed by atoms with E-state index in [1.807, 2.05) is 27.2 Å². The first-order valence-electron chi connectivity index (χ1n) is 27.6. The van der Waals surface area contributed by atoms with E-state index in [9.17, 15) is 19.4 Å². The van der Waals surface area contributed by atoms with Crippen LogP contribution in [0.4, 0.5) is 0 Å². The molecule has 0 heterocycles. The predicted molar refractivity (Wildman–Crippen MR) is 295 cm³/mol. The molecular formula is C59H106N2O6P+. The van der Waals surface area contributed by atoms with Gasteiger partial charge in [-0.2, -0.15) is 0 Å². The van der Waals surface area contributed by atoms with Gasteiger partial charge in [-0.3, -0.25) is 13.8 Å². The summed E-state index contributed by atoms with van der Waals surface area (Å²) in [5, 5.41) is 13.9. The first kappa shape index (κ1) is 65.4. The van der Waals surface area contributed by atoms with E-state index in [1.54, 1.807) is 6.08 Å². The summed E-state index contributed by atoms with van der Waals surface area (Å²) < 4.78 is 23.7. The molecular weight excluding hydrogens is 864 g/mol. The number of quaternary nitrogens is 1. The Morgan fingerprint density at radius 2 is 0.897 bits per heavy atom. The molecule has 1 amide bonds. The minimum Gasteiger partial charge on any atom is -0.387 e. The number of allylic oxidation sites excluding steroid dienone is 15. The largest absolute Gasteiger partial charge is 0.472 e. The number of aliphatic hydroxyl groups is 1. The van der Waals surface area contributed by atoms with Gasteiger partial charge in [-0.1, -0.05) is 227 Å². The Morgan fingerprint density at radius 1 is 0.515 bits per heavy atom. The van der Waals surface area contributed by atoms with Crippen LogP contribution in [0.1, 0.15) is 219 Å². The second kappa shape index (κ2) is 49.4. The van der Waals surface area contributed by atoms with E-state index < -0.39 is 20.0 Å². The smallest absolute Gasteiger partial charge is 0.387 e. The quantitative estimate of drug-likeness (QED) is 0.0243. The standard InChI is InChI=1S/C59H105N2O6P/c1-6-8-10-12-14-16-18-20-22-24-26-27-28-29-30-31-32-33-35-37-39-41-43-45-47-49-51-53-59(63)60-57(56-67-68(64,65)66-55-54-61(3,4)5)58(62)52-50-48-46-44-42-40-38-36-34-25-23-21-19-17-15-13-11-9-7-2/h8,10,14,16,20,22,26-27,29-30,32-33,42,44,50,52,57-58,62H,6-7,9,11-13,15,17-19,21,23-25,28,31,34-41,43,45-49,51,53-56H2,1-5H3,(H-,60,63,64,65)/p+1/b10-8-,16-14-,22-20-,27-26-,30-29-,33-32-,44-42+,52-50+. The van der Waals surface area contributed by atoms with Crippen LogP contribution < -0.4 is 5.32 Å². The summed E-state index contributed by atoms with van der Waals surface area (Å²) >= 11 is 0. The van der Waals surface area contributed by atoms with E-state index in [4.69, 9.17) is 9.05 Å². The summed E-state index contributed by atoms with van der Waals surface area (Å²) in [6.45, 7) is 4.67. The van der Waals surface area contributed by atoms with Gasteiger partial charge in [-0.05, 0) is 83.5 Å². The number of likely N-dealkylation sites (N-methyl/N-ethyl adjacent to an activating group) is 1. The van der Waals surface area contributed by atoms with Gasteiger partial charge in [0.25, 0.3) is 0 Å². The molecule has 0 saturated carbocycles. The average Bonchev–Trinajstić information content (AvgIpc) is 3.30. The van der Waals surface area contributed by atoms with Crippen molar-refractivity contribution in [2.75, 3.05) is 40.9 Å². The molecule has 0 rings (SSSR count). The van der Waals surface area contributed by atoms with Crippen molar-refractivity contribution in [3.05, 3.63) is 97.2 Å². The number of amides is 1. The molecule has 0 saturated heterocycles. The molecule has 0 aromatic rings. The number of carbonyl (C=O) groups excluding carboxylic acids is 1. The minimum absolute atomic E-state index is 0.0496. The van der Waals surface area contributed by atoms with Crippen LogP contribution in [0.2, 0.25) is 0 Å². The molecule has 0 aliphatic carbocycles. The molecule has 9 heteroatoms. The number of rotatable bonds is 49. The Bertz CT molecular complexity index is 1420. The summed E-state index contributed by atoms with van der Waals surface area (Å²) in [4.78, 5) is 23.3. The molecule has 8 nitrogen and oxygen atoms in total. The molecule has 392 valence electrons. The fraction of sp³-hybridized carbons (Fsp3) is 0.712. The predicted octanol–water partition coefficient (Wildman–Crippen LogP) is 16.6. The van der Waals surface area contributed by atoms with Crippen LogP contribution in [0.3, 0.4) is 0 Å². The molecule has 3 atom stereocenters. The maximum atomic E-state index is 13.0. The molecule has 0 aliphatic rings. The molecule has 0 aliphatic heterocycles. The highest BCUT2D eigenvalue weighted by Crippen LogP contribution is 2.43. The van der Waals surface area contributed by atoms with E-state index in [0.29, 0.717) is 17.4 Å². The highest BCUT2D eigenvalue weighted by molar-refractivity contribution is 7.47. The van der Waals surface area contributed by atoms with E-state index in [2.05, 4.69) is 104 Å². The van der Waals surface area contributed by atoms with Crippen LogP contribution in [0.5, 0.6) is 0 Å². The van der Waals surface area contributed by atoms with Crippen LogP contribution in [0, 0.1) is 0 Å². The number of hydrogen-bond donors (Lipinski definition) is 3. The van der Waals surface area contributed by atoms with E-state index >= 15 is 0 Å². The number of nitrogens with zero attached hydrogens (tertiary/aromatic N) is 1. The Labute approximate surface area is 419 Å². The third-order valence-electron chi connectivity index (χ3n) is 11.8. The van der Waals surface area contributed by atoms with Crippen molar-refractivity contribution in [2.24, 2.45) is 0 Å². The maximum absolute atomic E-state index is 13.0. The van der Waals surface area contributed by atoms with Crippen molar-refractivity contribution in [2.45, 2.75) is 231 Å². The number of carbonyl (C=O) groups is 1. The van der Waals surface area contributed by atoms with Gasteiger partial charge >= 0.3 is 7.82 Å². The third kappa shape index (κ3) is 51.3. The first-order valence-corrected chi connectivity index (χ1v) is 29.1. The maximum Gasteiger partial charge on any atom is 0.472 e. The number of phosphoric ester groups is 1. The summed E-state index contributed by atoms with van der Waals surface area (Å²) in [6, 6.07) is -0.875. The van der Waals surface area contributed by atoms with Gasteiger partial charge in [0.05, 0.1) is 39.9 Å². The lowest BCUT2D eigenvalue weighted by molar-refractivity contribution is -0.870. The summed E-state index contributed by atoms with van der Waals surface area (Å²) in [7, 11) is 1.54. The van der Waals surface area contributed by atoms with Crippen molar-refractivity contribution in [1.29, 1.82) is 0 Å². The van der Waals surface area contributed by atoms with Crippen molar-refractivity contribution in [3.8, 4) is 0 Å². The lowest BCUT2D eigenvalue weighted by atomic mass is 10.0. The fourth-order valence-electron chi connectivity index (χ4n) is 7.47. The molecule has 3 unspecified atom stereocenters. The van der Waals surface area contributed by atoms with Crippen LogP contribution in [-0.2, 0) is 18.4 Å². The van der Waals surface area contributed by atoms with Gasteiger partial charge in [0.1, 0.15) is 13.2 Å². The van der Waals surface area contributed by atoms with Crippen LogP contribution >= 0.6 is 7.82 Å². The highest BCUT2D eigenvalue weighted by atomic mass is 31.2. The molecule has 0 bridgehead atoms. The molecule has 0 aromatic heterocycles. The average molecular weight is 970 g/mol. The van der Waals surface area contributed by atoms with Gasteiger partial charge < -0.3 is 19.8 Å². The van der Waals surface area contributed by atoms with Crippen LogP contribution in [0.25, 0.3) is 0 Å². The van der Waals surface area contributed by atoms with E-state index in [0.717, 1.165) is 89.9 Å². The Hall–Kier alpha value is -2.58.